The highest BCUT2D eigenvalue weighted by Gasteiger charge is 2.26. The van der Waals surface area contributed by atoms with Gasteiger partial charge in [0.05, 0.1) is 10.6 Å². The van der Waals surface area contributed by atoms with E-state index >= 15 is 0 Å². The van der Waals surface area contributed by atoms with Gasteiger partial charge in [0.1, 0.15) is 0 Å². The summed E-state index contributed by atoms with van der Waals surface area (Å²) in [6.45, 7) is 10.3. The molecule has 0 spiro atoms. The van der Waals surface area contributed by atoms with Crippen molar-refractivity contribution in [1.29, 1.82) is 0 Å². The van der Waals surface area contributed by atoms with Gasteiger partial charge in [0.15, 0.2) is 0 Å². The fourth-order valence-electron chi connectivity index (χ4n) is 3.97. The number of hydrogen-bond acceptors (Lipinski definition) is 7. The summed E-state index contributed by atoms with van der Waals surface area (Å²) < 4.78 is 32.6. The number of rotatable bonds is 8. The first-order chi connectivity index (χ1) is 14.7. The minimum Gasteiger partial charge on any atom is -0.411 e. The molecule has 0 aliphatic carbocycles. The minimum atomic E-state index is -3.58. The van der Waals surface area contributed by atoms with E-state index in [0.29, 0.717) is 35.7 Å². The molecule has 3 rings (SSSR count). The summed E-state index contributed by atoms with van der Waals surface area (Å²) in [5.74, 6) is 1.54. The van der Waals surface area contributed by atoms with Crippen LogP contribution in [0.1, 0.15) is 34.1 Å². The summed E-state index contributed by atoms with van der Waals surface area (Å²) in [7, 11) is -3.58. The molecule has 8 nitrogen and oxygen atoms in total. The fourth-order valence-corrected chi connectivity index (χ4v) is 6.14. The summed E-state index contributed by atoms with van der Waals surface area (Å²) in [6, 6.07) is 6.48. The van der Waals surface area contributed by atoms with Crippen LogP contribution < -0.4 is 0 Å². The van der Waals surface area contributed by atoms with Gasteiger partial charge in [-0.05, 0) is 36.5 Å². The highest BCUT2D eigenvalue weighted by molar-refractivity contribution is 7.99. The van der Waals surface area contributed by atoms with Gasteiger partial charge in [0, 0.05) is 31.7 Å². The molecule has 0 bridgehead atoms. The number of piperidine rings is 1. The lowest BCUT2D eigenvalue weighted by Gasteiger charge is -2.34. The van der Waals surface area contributed by atoms with Crippen molar-refractivity contribution in [3.05, 3.63) is 24.3 Å². The second-order valence-corrected chi connectivity index (χ2v) is 10.9. The van der Waals surface area contributed by atoms with Crippen LogP contribution in [0.4, 0.5) is 0 Å². The lowest BCUT2D eigenvalue weighted by molar-refractivity contribution is -0.130. The Kier molecular flexibility index (Phi) is 7.77. The quantitative estimate of drug-likeness (QED) is 0.550. The predicted molar refractivity (Wildman–Crippen MR) is 120 cm³/mol. The van der Waals surface area contributed by atoms with E-state index in [-0.39, 0.29) is 22.4 Å². The largest absolute Gasteiger partial charge is 0.411 e. The van der Waals surface area contributed by atoms with Crippen LogP contribution in [0.15, 0.2) is 38.8 Å². The van der Waals surface area contributed by atoms with Crippen LogP contribution in [-0.2, 0) is 14.8 Å². The lowest BCUT2D eigenvalue weighted by Crippen LogP contribution is -2.43. The van der Waals surface area contributed by atoms with E-state index in [1.54, 1.807) is 32.0 Å². The zero-order valence-corrected chi connectivity index (χ0v) is 20.1. The van der Waals surface area contributed by atoms with Gasteiger partial charge in [0.2, 0.25) is 21.8 Å². The van der Waals surface area contributed by atoms with Crippen molar-refractivity contribution in [3.63, 3.8) is 0 Å². The number of amides is 1. The maximum atomic E-state index is 12.8. The second-order valence-electron chi connectivity index (χ2n) is 8.02. The van der Waals surface area contributed by atoms with E-state index in [1.807, 2.05) is 4.90 Å². The first-order valence-corrected chi connectivity index (χ1v) is 13.0. The number of likely N-dealkylation sites (tertiary alicyclic amines) is 1. The average Bonchev–Trinajstić information content (AvgIpc) is 3.21. The zero-order valence-electron chi connectivity index (χ0n) is 18.4. The molecule has 0 saturated carbocycles. The fraction of sp³-hybridized carbons (Fsp3) is 0.571. The summed E-state index contributed by atoms with van der Waals surface area (Å²) in [5.41, 5.74) is 0.526. The summed E-state index contributed by atoms with van der Waals surface area (Å²) in [5, 5.41) is 8.34. The number of sulfonamides is 1. The number of thioether (sulfide) groups is 1. The number of hydrogen-bond donors (Lipinski definition) is 0. The van der Waals surface area contributed by atoms with E-state index < -0.39 is 10.0 Å². The summed E-state index contributed by atoms with van der Waals surface area (Å²) >= 11 is 1.20. The van der Waals surface area contributed by atoms with E-state index in [0.717, 1.165) is 19.5 Å². The van der Waals surface area contributed by atoms with Crippen LogP contribution in [0.2, 0.25) is 0 Å². The normalized spacial score (nSPS) is 19.7. The Hall–Kier alpha value is -1.91. The molecule has 1 aliphatic heterocycles. The van der Waals surface area contributed by atoms with E-state index in [4.69, 9.17) is 4.42 Å². The SMILES string of the molecule is CCN(CC)S(=O)(=O)c1cccc(-c2nnc(SCC(=O)N3C[C@H](C)C[C@@H](C)C3)o2)c1. The van der Waals surface area contributed by atoms with Crippen LogP contribution in [0.25, 0.3) is 11.5 Å². The third-order valence-corrected chi connectivity index (χ3v) is 8.22. The molecule has 0 radical (unpaired) electrons. The molecule has 170 valence electrons. The molecule has 2 atom stereocenters. The van der Waals surface area contributed by atoms with Crippen LogP contribution in [0.3, 0.4) is 0 Å². The summed E-state index contributed by atoms with van der Waals surface area (Å²) in [4.78, 5) is 14.7. The Morgan fingerprint density at radius 1 is 1.19 bits per heavy atom. The molecular formula is C21H30N4O4S2. The molecule has 0 N–H and O–H groups in total. The van der Waals surface area contributed by atoms with Gasteiger partial charge in [-0.1, -0.05) is 45.5 Å². The number of nitrogens with zero attached hydrogens (tertiary/aromatic N) is 4. The van der Waals surface area contributed by atoms with Gasteiger partial charge in [-0.2, -0.15) is 4.31 Å². The van der Waals surface area contributed by atoms with E-state index in [9.17, 15) is 13.2 Å². The second kappa shape index (κ2) is 10.1. The maximum absolute atomic E-state index is 12.8. The van der Waals surface area contributed by atoms with Crippen LogP contribution in [-0.4, -0.2) is 65.7 Å². The smallest absolute Gasteiger partial charge is 0.277 e. The van der Waals surface area contributed by atoms with Gasteiger partial charge in [0.25, 0.3) is 5.22 Å². The van der Waals surface area contributed by atoms with Crippen LogP contribution in [0, 0.1) is 11.8 Å². The van der Waals surface area contributed by atoms with Crippen LogP contribution >= 0.6 is 11.8 Å². The maximum Gasteiger partial charge on any atom is 0.277 e. The van der Waals surface area contributed by atoms with Crippen LogP contribution in [0.5, 0.6) is 0 Å². The molecule has 2 heterocycles. The van der Waals surface area contributed by atoms with Gasteiger partial charge in [-0.15, -0.1) is 10.2 Å². The first kappa shape index (κ1) is 23.7. The molecule has 31 heavy (non-hydrogen) atoms. The van der Waals surface area contributed by atoms with Crippen molar-refractivity contribution in [2.75, 3.05) is 31.9 Å². The molecular weight excluding hydrogens is 436 g/mol. The van der Waals surface area contributed by atoms with Crippen molar-refractivity contribution in [3.8, 4) is 11.5 Å². The van der Waals surface area contributed by atoms with Gasteiger partial charge < -0.3 is 9.32 Å². The number of benzene rings is 1. The van der Waals surface area contributed by atoms with E-state index in [1.165, 1.54) is 22.1 Å². The van der Waals surface area contributed by atoms with Crippen molar-refractivity contribution in [2.24, 2.45) is 11.8 Å². The molecule has 0 unspecified atom stereocenters. The van der Waals surface area contributed by atoms with Gasteiger partial charge in [-0.3, -0.25) is 4.79 Å². The van der Waals surface area contributed by atoms with Gasteiger partial charge >= 0.3 is 0 Å². The Morgan fingerprint density at radius 3 is 2.52 bits per heavy atom. The molecule has 1 saturated heterocycles. The van der Waals surface area contributed by atoms with Gasteiger partial charge in [-0.25, -0.2) is 8.42 Å². The monoisotopic (exact) mass is 466 g/mol. The van der Waals surface area contributed by atoms with Crippen molar-refractivity contribution >= 4 is 27.7 Å². The lowest BCUT2D eigenvalue weighted by atomic mass is 9.92. The topological polar surface area (TPSA) is 96.6 Å². The Bertz CT molecular complexity index is 994. The third-order valence-electron chi connectivity index (χ3n) is 5.37. The Morgan fingerprint density at radius 2 is 1.87 bits per heavy atom. The molecule has 2 aromatic rings. The zero-order chi connectivity index (χ0) is 22.6. The Labute approximate surface area is 188 Å². The molecule has 1 aromatic carbocycles. The first-order valence-electron chi connectivity index (χ1n) is 10.6. The van der Waals surface area contributed by atoms with Crippen molar-refractivity contribution in [1.82, 2.24) is 19.4 Å². The number of aromatic nitrogens is 2. The average molecular weight is 467 g/mol. The molecule has 1 aliphatic rings. The number of carbonyl (C=O) groups excluding carboxylic acids is 1. The standard InChI is InChI=1S/C21H30N4O4S2/c1-5-25(6-2)31(27,28)18-9-7-8-17(11-18)20-22-23-21(29-20)30-14-19(26)24-12-15(3)10-16(4)13-24/h7-9,11,15-16H,5-6,10,12-14H2,1-4H3/t15-,16-/m1/s1. The summed E-state index contributed by atoms with van der Waals surface area (Å²) in [6.07, 6.45) is 1.15. The number of carbonyl (C=O) groups is 1. The Balaban J connectivity index is 1.68. The van der Waals surface area contributed by atoms with Crippen molar-refractivity contribution < 1.29 is 17.6 Å². The third kappa shape index (κ3) is 5.67. The molecule has 1 amide bonds. The predicted octanol–water partition coefficient (Wildman–Crippen LogP) is 3.36. The minimum absolute atomic E-state index is 0.0652. The highest BCUT2D eigenvalue weighted by atomic mass is 32.2. The highest BCUT2D eigenvalue weighted by Crippen LogP contribution is 2.27. The van der Waals surface area contributed by atoms with Crippen molar-refractivity contribution in [2.45, 2.75) is 44.2 Å². The van der Waals surface area contributed by atoms with E-state index in [2.05, 4.69) is 24.0 Å². The molecule has 1 aromatic heterocycles. The molecule has 1 fully saturated rings. The molecule has 10 heteroatoms.